The van der Waals surface area contributed by atoms with Crippen molar-refractivity contribution in [2.45, 2.75) is 12.6 Å². The Bertz CT molecular complexity index is 680. The van der Waals surface area contributed by atoms with E-state index in [1.807, 2.05) is 0 Å². The average Bonchev–Trinajstić information content (AvgIpc) is 2.42. The van der Waals surface area contributed by atoms with Crippen molar-refractivity contribution in [3.05, 3.63) is 69.4 Å². The lowest BCUT2D eigenvalue weighted by Crippen LogP contribution is -2.14. The summed E-state index contributed by atoms with van der Waals surface area (Å²) in [7, 11) is 0. The minimum atomic E-state index is -4.61. The Hall–Kier alpha value is -1.69. The normalized spacial score (nSPS) is 11.5. The van der Waals surface area contributed by atoms with Gasteiger partial charge in [-0.3, -0.25) is 4.79 Å². The van der Waals surface area contributed by atoms with Crippen LogP contribution < -0.4 is 0 Å². The summed E-state index contributed by atoms with van der Waals surface area (Å²) < 4.78 is 52.2. The summed E-state index contributed by atoms with van der Waals surface area (Å²) in [5.74, 6) is -1.26. The van der Waals surface area contributed by atoms with E-state index in [-0.39, 0.29) is 6.42 Å². The van der Waals surface area contributed by atoms with Gasteiger partial charge >= 0.3 is 6.18 Å². The fourth-order valence-electron chi connectivity index (χ4n) is 1.92. The Morgan fingerprint density at radius 2 is 1.76 bits per heavy atom. The Morgan fingerprint density at radius 1 is 1.10 bits per heavy atom. The number of rotatable bonds is 3. The lowest BCUT2D eigenvalue weighted by Gasteiger charge is -2.12. The Labute approximate surface area is 126 Å². The Balaban J connectivity index is 2.36. The molecule has 0 heterocycles. The van der Waals surface area contributed by atoms with Crippen molar-refractivity contribution in [2.75, 3.05) is 0 Å². The van der Waals surface area contributed by atoms with Crippen LogP contribution in [-0.2, 0) is 12.6 Å². The van der Waals surface area contributed by atoms with Crippen LogP contribution >= 0.6 is 15.9 Å². The second kappa shape index (κ2) is 5.97. The van der Waals surface area contributed by atoms with Crippen molar-refractivity contribution in [3.8, 4) is 0 Å². The third-order valence-corrected chi connectivity index (χ3v) is 3.67. The van der Waals surface area contributed by atoms with E-state index < -0.39 is 28.9 Å². The highest BCUT2D eigenvalue weighted by Gasteiger charge is 2.34. The van der Waals surface area contributed by atoms with Gasteiger partial charge in [0.1, 0.15) is 5.82 Å². The number of alkyl halides is 3. The lowest BCUT2D eigenvalue weighted by atomic mass is 9.98. The third-order valence-electron chi connectivity index (χ3n) is 2.89. The Kier molecular flexibility index (Phi) is 4.46. The van der Waals surface area contributed by atoms with Gasteiger partial charge in [-0.05, 0) is 29.8 Å². The standard InChI is InChI=1S/C15H9BrF4O/c16-13-6-5-10(17)7-9(13)8-14(21)11-3-1-2-4-12(11)15(18,19)20/h1-7H,8H2. The fraction of sp³-hybridized carbons (Fsp3) is 0.133. The van der Waals surface area contributed by atoms with Crippen molar-refractivity contribution in [1.29, 1.82) is 0 Å². The van der Waals surface area contributed by atoms with Crippen LogP contribution in [0.5, 0.6) is 0 Å². The van der Waals surface area contributed by atoms with E-state index in [0.717, 1.165) is 18.2 Å². The predicted molar refractivity (Wildman–Crippen MR) is 73.6 cm³/mol. The van der Waals surface area contributed by atoms with Crippen LogP contribution in [0.4, 0.5) is 17.6 Å². The van der Waals surface area contributed by atoms with Gasteiger partial charge in [0.2, 0.25) is 0 Å². The molecule has 2 rings (SSSR count). The predicted octanol–water partition coefficient (Wildman–Crippen LogP) is 5.03. The maximum Gasteiger partial charge on any atom is 0.417 e. The molecule has 0 spiro atoms. The zero-order chi connectivity index (χ0) is 15.6. The van der Waals surface area contributed by atoms with Crippen LogP contribution in [0.2, 0.25) is 0 Å². The van der Waals surface area contributed by atoms with Gasteiger partial charge in [-0.2, -0.15) is 13.2 Å². The molecule has 0 aliphatic rings. The molecule has 0 aromatic heterocycles. The maximum absolute atomic E-state index is 13.2. The lowest BCUT2D eigenvalue weighted by molar-refractivity contribution is -0.137. The molecule has 21 heavy (non-hydrogen) atoms. The molecule has 2 aromatic carbocycles. The summed E-state index contributed by atoms with van der Waals surface area (Å²) in [6.07, 6.45) is -4.92. The quantitative estimate of drug-likeness (QED) is 0.554. The van der Waals surface area contributed by atoms with E-state index >= 15 is 0 Å². The van der Waals surface area contributed by atoms with Crippen LogP contribution in [0, 0.1) is 5.82 Å². The Morgan fingerprint density at radius 3 is 2.43 bits per heavy atom. The molecular weight excluding hydrogens is 352 g/mol. The molecule has 0 bridgehead atoms. The largest absolute Gasteiger partial charge is 0.417 e. The molecule has 0 saturated heterocycles. The first kappa shape index (κ1) is 15.7. The molecule has 1 nitrogen and oxygen atoms in total. The van der Waals surface area contributed by atoms with Crippen molar-refractivity contribution in [1.82, 2.24) is 0 Å². The fourth-order valence-corrected chi connectivity index (χ4v) is 2.31. The average molecular weight is 361 g/mol. The van der Waals surface area contributed by atoms with Crippen LogP contribution in [-0.4, -0.2) is 5.78 Å². The number of carbonyl (C=O) groups is 1. The molecule has 0 aliphatic heterocycles. The number of hydrogen-bond acceptors (Lipinski definition) is 1. The number of ketones is 1. The van der Waals surface area contributed by atoms with Gasteiger partial charge in [0, 0.05) is 16.5 Å². The van der Waals surface area contributed by atoms with Gasteiger partial charge in [0.05, 0.1) is 5.56 Å². The van der Waals surface area contributed by atoms with E-state index in [2.05, 4.69) is 15.9 Å². The van der Waals surface area contributed by atoms with Gasteiger partial charge in [0.25, 0.3) is 0 Å². The molecule has 0 saturated carbocycles. The summed E-state index contributed by atoms with van der Waals surface area (Å²) in [6.45, 7) is 0. The monoisotopic (exact) mass is 360 g/mol. The summed E-state index contributed by atoms with van der Waals surface area (Å²) in [6, 6.07) is 8.29. The van der Waals surface area contributed by atoms with Crippen LogP contribution in [0.25, 0.3) is 0 Å². The smallest absolute Gasteiger partial charge is 0.294 e. The molecule has 0 atom stereocenters. The van der Waals surface area contributed by atoms with Gasteiger partial charge in [-0.25, -0.2) is 4.39 Å². The van der Waals surface area contributed by atoms with Crippen molar-refractivity contribution >= 4 is 21.7 Å². The molecule has 0 unspecified atom stereocenters. The highest BCUT2D eigenvalue weighted by Crippen LogP contribution is 2.32. The minimum absolute atomic E-state index is 0.303. The van der Waals surface area contributed by atoms with E-state index in [0.29, 0.717) is 10.0 Å². The zero-order valence-corrected chi connectivity index (χ0v) is 12.1. The first-order valence-corrected chi connectivity index (χ1v) is 6.71. The SMILES string of the molecule is O=C(Cc1cc(F)ccc1Br)c1ccccc1C(F)(F)F. The zero-order valence-electron chi connectivity index (χ0n) is 10.5. The van der Waals surface area contributed by atoms with Crippen LogP contribution in [0.3, 0.4) is 0 Å². The van der Waals surface area contributed by atoms with E-state index in [4.69, 9.17) is 0 Å². The first-order valence-electron chi connectivity index (χ1n) is 5.92. The molecule has 6 heteroatoms. The van der Waals surface area contributed by atoms with E-state index in [1.54, 1.807) is 0 Å². The van der Waals surface area contributed by atoms with Crippen LogP contribution in [0.15, 0.2) is 46.9 Å². The molecule has 0 amide bonds. The highest BCUT2D eigenvalue weighted by molar-refractivity contribution is 9.10. The first-order chi connectivity index (χ1) is 9.79. The summed E-state index contributed by atoms with van der Waals surface area (Å²) in [5.41, 5.74) is -1.10. The topological polar surface area (TPSA) is 17.1 Å². The number of Topliss-reactive ketones (excluding diaryl/α,β-unsaturated/α-hetero) is 1. The molecule has 2 aromatic rings. The number of benzene rings is 2. The van der Waals surface area contributed by atoms with Crippen molar-refractivity contribution in [3.63, 3.8) is 0 Å². The number of halogens is 5. The van der Waals surface area contributed by atoms with E-state index in [9.17, 15) is 22.4 Å². The van der Waals surface area contributed by atoms with Gasteiger partial charge in [-0.1, -0.05) is 34.1 Å². The number of carbonyl (C=O) groups excluding carboxylic acids is 1. The van der Waals surface area contributed by atoms with Crippen molar-refractivity contribution < 1.29 is 22.4 Å². The molecular formula is C15H9BrF4O. The molecule has 0 radical (unpaired) electrons. The number of hydrogen-bond donors (Lipinski definition) is 0. The van der Waals surface area contributed by atoms with Gasteiger partial charge in [0.15, 0.2) is 5.78 Å². The summed E-state index contributed by atoms with van der Waals surface area (Å²) >= 11 is 3.15. The molecule has 0 N–H and O–H groups in total. The summed E-state index contributed by atoms with van der Waals surface area (Å²) in [5, 5.41) is 0. The molecule has 0 fully saturated rings. The highest BCUT2D eigenvalue weighted by atomic mass is 79.9. The van der Waals surface area contributed by atoms with Gasteiger partial charge < -0.3 is 0 Å². The molecule has 110 valence electrons. The van der Waals surface area contributed by atoms with Gasteiger partial charge in [-0.15, -0.1) is 0 Å². The second-order valence-corrected chi connectivity index (χ2v) is 5.23. The third kappa shape index (κ3) is 3.69. The summed E-state index contributed by atoms with van der Waals surface area (Å²) in [4.78, 5) is 12.1. The van der Waals surface area contributed by atoms with Crippen LogP contribution in [0.1, 0.15) is 21.5 Å². The van der Waals surface area contributed by atoms with E-state index in [1.165, 1.54) is 24.3 Å². The minimum Gasteiger partial charge on any atom is -0.294 e. The maximum atomic E-state index is 13.2. The van der Waals surface area contributed by atoms with Crippen molar-refractivity contribution in [2.24, 2.45) is 0 Å². The molecule has 0 aliphatic carbocycles. The second-order valence-electron chi connectivity index (χ2n) is 4.38.